The van der Waals surface area contributed by atoms with Gasteiger partial charge in [0.25, 0.3) is 0 Å². The van der Waals surface area contributed by atoms with Gasteiger partial charge in [0.05, 0.1) is 24.8 Å². The van der Waals surface area contributed by atoms with Gasteiger partial charge in [-0.25, -0.2) is 0 Å². The molecule has 1 aliphatic carbocycles. The van der Waals surface area contributed by atoms with Crippen molar-refractivity contribution < 1.29 is 13.9 Å². The van der Waals surface area contributed by atoms with Crippen LogP contribution >= 0.6 is 11.6 Å². The summed E-state index contributed by atoms with van der Waals surface area (Å²) in [6.45, 7) is 4.10. The van der Waals surface area contributed by atoms with Gasteiger partial charge in [0.15, 0.2) is 0 Å². The molecule has 3 aromatic rings. The van der Waals surface area contributed by atoms with E-state index < -0.39 is 5.41 Å². The summed E-state index contributed by atoms with van der Waals surface area (Å²) < 4.78 is 11.1. The van der Waals surface area contributed by atoms with Crippen molar-refractivity contribution in [3.8, 4) is 5.75 Å². The van der Waals surface area contributed by atoms with Gasteiger partial charge in [-0.2, -0.15) is 0 Å². The Morgan fingerprint density at radius 1 is 1.03 bits per heavy atom. The Morgan fingerprint density at radius 3 is 2.33 bits per heavy atom. The second kappa shape index (κ2) is 11.0. The van der Waals surface area contributed by atoms with Crippen molar-refractivity contribution in [2.24, 2.45) is 0 Å². The molecular formula is C29H34ClN3O3. The van der Waals surface area contributed by atoms with E-state index in [0.29, 0.717) is 11.6 Å². The fourth-order valence-electron chi connectivity index (χ4n) is 5.73. The Kier molecular flexibility index (Phi) is 7.54. The zero-order chi connectivity index (χ0) is 25.0. The number of carbonyl (C=O) groups is 1. The lowest BCUT2D eigenvalue weighted by molar-refractivity contribution is -0.127. The molecule has 2 aliphatic rings. The fraction of sp³-hybridized carbons (Fsp3) is 0.414. The van der Waals surface area contributed by atoms with E-state index >= 15 is 0 Å². The molecule has 7 heteroatoms. The summed E-state index contributed by atoms with van der Waals surface area (Å²) in [4.78, 5) is 18.5. The van der Waals surface area contributed by atoms with Crippen LogP contribution in [-0.2, 0) is 10.2 Å². The molecule has 36 heavy (non-hydrogen) atoms. The van der Waals surface area contributed by atoms with Crippen LogP contribution in [0.1, 0.15) is 43.0 Å². The summed E-state index contributed by atoms with van der Waals surface area (Å²) >= 11 is 6.13. The average molecular weight is 508 g/mol. The number of piperazine rings is 1. The number of benzene rings is 2. The summed E-state index contributed by atoms with van der Waals surface area (Å²) in [5.41, 5.74) is 1.78. The number of hydrogen-bond acceptors (Lipinski definition) is 5. The van der Waals surface area contributed by atoms with Crippen molar-refractivity contribution in [3.63, 3.8) is 0 Å². The van der Waals surface area contributed by atoms with E-state index in [2.05, 4.69) is 27.2 Å². The first-order valence-electron chi connectivity index (χ1n) is 12.8. The number of methoxy groups -OCH3 is 1. The monoisotopic (exact) mass is 507 g/mol. The van der Waals surface area contributed by atoms with E-state index in [0.717, 1.165) is 68.9 Å². The Hall–Kier alpha value is -2.96. The van der Waals surface area contributed by atoms with Crippen LogP contribution in [-0.4, -0.2) is 50.6 Å². The summed E-state index contributed by atoms with van der Waals surface area (Å²) in [5, 5.41) is 4.01. The Morgan fingerprint density at radius 2 is 1.72 bits per heavy atom. The number of ether oxygens (including phenoxy) is 1. The molecular weight excluding hydrogens is 474 g/mol. The van der Waals surface area contributed by atoms with Crippen molar-refractivity contribution in [2.45, 2.75) is 37.1 Å². The van der Waals surface area contributed by atoms with Gasteiger partial charge in [-0.05, 0) is 66.9 Å². The second-order valence-electron chi connectivity index (χ2n) is 9.76. The molecule has 0 bridgehead atoms. The minimum Gasteiger partial charge on any atom is -0.497 e. The van der Waals surface area contributed by atoms with Crippen molar-refractivity contribution in [3.05, 3.63) is 83.3 Å². The van der Waals surface area contributed by atoms with Gasteiger partial charge in [0, 0.05) is 43.4 Å². The van der Waals surface area contributed by atoms with Crippen molar-refractivity contribution in [1.82, 2.24) is 10.2 Å². The zero-order valence-corrected chi connectivity index (χ0v) is 21.5. The molecule has 2 fully saturated rings. The van der Waals surface area contributed by atoms with Gasteiger partial charge >= 0.3 is 0 Å². The molecule has 1 saturated heterocycles. The molecule has 6 nitrogen and oxygen atoms in total. The van der Waals surface area contributed by atoms with Crippen LogP contribution in [0.15, 0.2) is 71.3 Å². The van der Waals surface area contributed by atoms with Gasteiger partial charge < -0.3 is 19.4 Å². The SMILES string of the molecule is COc1ccc(N2CCN(C(CNC(=O)C3(c4ccc(Cl)cc4)CCCC3)c3ccco3)CC2)cc1. The molecule has 1 aliphatic heterocycles. The molecule has 2 aromatic carbocycles. The predicted molar refractivity (Wildman–Crippen MR) is 143 cm³/mol. The van der Waals surface area contributed by atoms with E-state index in [4.69, 9.17) is 20.8 Å². The fourth-order valence-corrected chi connectivity index (χ4v) is 5.85. The maximum atomic E-state index is 13.7. The zero-order valence-electron chi connectivity index (χ0n) is 20.8. The van der Waals surface area contributed by atoms with Crippen LogP contribution in [0.4, 0.5) is 5.69 Å². The lowest BCUT2D eigenvalue weighted by Crippen LogP contribution is -2.51. The van der Waals surface area contributed by atoms with Crippen LogP contribution in [0.2, 0.25) is 5.02 Å². The predicted octanol–water partition coefficient (Wildman–Crippen LogP) is 5.43. The van der Waals surface area contributed by atoms with E-state index in [9.17, 15) is 4.79 Å². The molecule has 1 atom stereocenters. The van der Waals surface area contributed by atoms with Crippen LogP contribution in [0.5, 0.6) is 5.75 Å². The van der Waals surface area contributed by atoms with Gasteiger partial charge in [0.1, 0.15) is 11.5 Å². The normalized spacial score (nSPS) is 18.7. The van der Waals surface area contributed by atoms with E-state index in [1.165, 1.54) is 5.69 Å². The number of carbonyl (C=O) groups excluding carboxylic acids is 1. The number of rotatable bonds is 8. The van der Waals surface area contributed by atoms with Crippen molar-refractivity contribution >= 4 is 23.2 Å². The molecule has 1 unspecified atom stereocenters. The smallest absolute Gasteiger partial charge is 0.230 e. The minimum absolute atomic E-state index is 0.00867. The standard InChI is InChI=1S/C29H34ClN3O3/c1-35-25-12-10-24(11-13-25)32-16-18-33(19-17-32)26(27-5-4-20-36-27)21-31-28(34)29(14-2-3-15-29)22-6-8-23(30)9-7-22/h4-13,20,26H,2-3,14-19,21H2,1H3,(H,31,34). The summed E-state index contributed by atoms with van der Waals surface area (Å²) in [6.07, 6.45) is 5.57. The number of amides is 1. The third kappa shape index (κ3) is 5.11. The number of anilines is 1. The van der Waals surface area contributed by atoms with Gasteiger partial charge in [-0.15, -0.1) is 0 Å². The molecule has 0 radical (unpaired) electrons. The minimum atomic E-state index is -0.481. The number of furan rings is 1. The largest absolute Gasteiger partial charge is 0.497 e. The van der Waals surface area contributed by atoms with Crippen LogP contribution in [0.3, 0.4) is 0 Å². The Labute approximate surface area is 218 Å². The lowest BCUT2D eigenvalue weighted by atomic mass is 9.78. The molecule has 0 spiro atoms. The number of hydrogen-bond donors (Lipinski definition) is 1. The lowest BCUT2D eigenvalue weighted by Gasteiger charge is -2.40. The van der Waals surface area contributed by atoms with Crippen LogP contribution < -0.4 is 15.0 Å². The van der Waals surface area contributed by atoms with Gasteiger partial charge in [-0.1, -0.05) is 36.6 Å². The Bertz CT molecular complexity index is 1120. The summed E-state index contributed by atoms with van der Waals surface area (Å²) in [5.74, 6) is 1.86. The third-order valence-corrected chi connectivity index (χ3v) is 8.06. The molecule has 190 valence electrons. The quantitative estimate of drug-likeness (QED) is 0.440. The first kappa shape index (κ1) is 24.7. The number of nitrogens with zero attached hydrogens (tertiary/aromatic N) is 2. The average Bonchev–Trinajstić information content (AvgIpc) is 3.63. The third-order valence-electron chi connectivity index (χ3n) is 7.81. The second-order valence-corrected chi connectivity index (χ2v) is 10.2. The molecule has 1 N–H and O–H groups in total. The van der Waals surface area contributed by atoms with E-state index in [-0.39, 0.29) is 11.9 Å². The van der Waals surface area contributed by atoms with Gasteiger partial charge in [0.2, 0.25) is 5.91 Å². The molecule has 1 saturated carbocycles. The van der Waals surface area contributed by atoms with E-state index in [1.807, 2.05) is 48.5 Å². The van der Waals surface area contributed by atoms with Crippen LogP contribution in [0, 0.1) is 0 Å². The highest BCUT2D eigenvalue weighted by Gasteiger charge is 2.43. The number of halogens is 1. The topological polar surface area (TPSA) is 58.0 Å². The van der Waals surface area contributed by atoms with Crippen molar-refractivity contribution in [1.29, 1.82) is 0 Å². The maximum absolute atomic E-state index is 13.7. The maximum Gasteiger partial charge on any atom is 0.230 e. The van der Waals surface area contributed by atoms with Crippen molar-refractivity contribution in [2.75, 3.05) is 44.7 Å². The highest BCUT2D eigenvalue weighted by molar-refractivity contribution is 6.30. The Balaban J connectivity index is 1.27. The molecule has 1 aromatic heterocycles. The first-order valence-corrected chi connectivity index (χ1v) is 13.2. The first-order chi connectivity index (χ1) is 17.6. The molecule has 2 heterocycles. The summed E-state index contributed by atoms with van der Waals surface area (Å²) in [6, 6.07) is 19.9. The highest BCUT2D eigenvalue weighted by Crippen LogP contribution is 2.42. The van der Waals surface area contributed by atoms with Gasteiger partial charge in [-0.3, -0.25) is 9.69 Å². The summed E-state index contributed by atoms with van der Waals surface area (Å²) in [7, 11) is 1.69. The van der Waals surface area contributed by atoms with Crippen LogP contribution in [0.25, 0.3) is 0 Å². The highest BCUT2D eigenvalue weighted by atomic mass is 35.5. The number of nitrogens with one attached hydrogen (secondary N) is 1. The van der Waals surface area contributed by atoms with E-state index in [1.54, 1.807) is 13.4 Å². The molecule has 5 rings (SSSR count). The molecule has 1 amide bonds.